The first-order chi connectivity index (χ1) is 7.38. The van der Waals surface area contributed by atoms with E-state index in [0.717, 1.165) is 13.2 Å². The summed E-state index contributed by atoms with van der Waals surface area (Å²) < 4.78 is 5.64. The number of rotatable bonds is 4. The second kappa shape index (κ2) is 5.35. The molecule has 0 radical (unpaired) electrons. The topological polar surface area (TPSA) is 21.3 Å². The van der Waals surface area contributed by atoms with Gasteiger partial charge in [0, 0.05) is 12.2 Å². The van der Waals surface area contributed by atoms with Crippen molar-refractivity contribution < 1.29 is 4.74 Å². The second-order valence-electron chi connectivity index (χ2n) is 5.19. The van der Waals surface area contributed by atoms with Crippen molar-refractivity contribution in [2.24, 2.45) is 0 Å². The molecular weight excluding hydrogens is 198 g/mol. The van der Waals surface area contributed by atoms with Gasteiger partial charge in [-0.1, -0.05) is 6.07 Å². The van der Waals surface area contributed by atoms with Crippen LogP contribution in [0.1, 0.15) is 31.9 Å². The number of hydrogen-bond donors (Lipinski definition) is 1. The predicted molar refractivity (Wildman–Crippen MR) is 70.1 cm³/mol. The van der Waals surface area contributed by atoms with E-state index in [-0.39, 0.29) is 5.60 Å². The molecule has 0 unspecified atom stereocenters. The quantitative estimate of drug-likeness (QED) is 0.785. The number of hydrogen-bond acceptors (Lipinski definition) is 2. The van der Waals surface area contributed by atoms with Gasteiger partial charge in [-0.05, 0) is 57.9 Å². The number of ether oxygens (including phenoxy) is 1. The summed E-state index contributed by atoms with van der Waals surface area (Å²) in [4.78, 5) is 0. The van der Waals surface area contributed by atoms with Gasteiger partial charge in [0.15, 0.2) is 0 Å². The van der Waals surface area contributed by atoms with Crippen molar-refractivity contribution in [3.05, 3.63) is 29.3 Å². The zero-order valence-electron chi connectivity index (χ0n) is 11.1. The average molecular weight is 221 g/mol. The molecule has 0 saturated carbocycles. The first-order valence-electron chi connectivity index (χ1n) is 5.83. The molecule has 0 aliphatic rings. The van der Waals surface area contributed by atoms with Crippen LogP contribution < -0.4 is 5.32 Å². The van der Waals surface area contributed by atoms with Gasteiger partial charge in [-0.2, -0.15) is 0 Å². The van der Waals surface area contributed by atoms with E-state index in [1.807, 2.05) is 0 Å². The molecule has 1 aromatic rings. The van der Waals surface area contributed by atoms with Crippen molar-refractivity contribution in [3.63, 3.8) is 0 Å². The van der Waals surface area contributed by atoms with Crippen LogP contribution in [0.15, 0.2) is 18.2 Å². The van der Waals surface area contributed by atoms with Gasteiger partial charge < -0.3 is 10.1 Å². The van der Waals surface area contributed by atoms with Crippen LogP contribution in [0, 0.1) is 13.8 Å². The van der Waals surface area contributed by atoms with E-state index in [9.17, 15) is 0 Å². The van der Waals surface area contributed by atoms with E-state index < -0.39 is 0 Å². The highest BCUT2D eigenvalue weighted by Crippen LogP contribution is 2.14. The lowest BCUT2D eigenvalue weighted by atomic mass is 10.1. The Morgan fingerprint density at radius 2 is 1.81 bits per heavy atom. The maximum absolute atomic E-state index is 5.64. The monoisotopic (exact) mass is 221 g/mol. The number of anilines is 1. The zero-order chi connectivity index (χ0) is 12.2. The predicted octanol–water partition coefficient (Wildman–Crippen LogP) is 3.53. The van der Waals surface area contributed by atoms with E-state index in [1.165, 1.54) is 16.8 Å². The Hall–Kier alpha value is -1.02. The van der Waals surface area contributed by atoms with Crippen LogP contribution >= 0.6 is 0 Å². The van der Waals surface area contributed by atoms with Gasteiger partial charge >= 0.3 is 0 Å². The van der Waals surface area contributed by atoms with Crippen molar-refractivity contribution in [2.75, 3.05) is 18.5 Å². The fourth-order valence-electron chi connectivity index (χ4n) is 1.40. The Bertz CT molecular complexity index is 339. The molecule has 2 heteroatoms. The van der Waals surface area contributed by atoms with Gasteiger partial charge in [0.25, 0.3) is 0 Å². The Labute approximate surface area is 99.0 Å². The normalized spacial score (nSPS) is 11.6. The van der Waals surface area contributed by atoms with Crippen LogP contribution in [0.25, 0.3) is 0 Å². The molecule has 0 bridgehead atoms. The summed E-state index contributed by atoms with van der Waals surface area (Å²) in [5.74, 6) is 0. The summed E-state index contributed by atoms with van der Waals surface area (Å²) in [5, 5.41) is 3.36. The highest BCUT2D eigenvalue weighted by atomic mass is 16.5. The third kappa shape index (κ3) is 4.67. The van der Waals surface area contributed by atoms with Gasteiger partial charge in [0.1, 0.15) is 0 Å². The fourth-order valence-corrected chi connectivity index (χ4v) is 1.40. The molecule has 0 atom stereocenters. The highest BCUT2D eigenvalue weighted by molar-refractivity contribution is 5.47. The first-order valence-corrected chi connectivity index (χ1v) is 5.83. The zero-order valence-corrected chi connectivity index (χ0v) is 11.1. The summed E-state index contributed by atoms with van der Waals surface area (Å²) in [7, 11) is 0. The van der Waals surface area contributed by atoms with Gasteiger partial charge in [-0.3, -0.25) is 0 Å². The van der Waals surface area contributed by atoms with E-state index in [0.29, 0.717) is 0 Å². The molecule has 2 nitrogen and oxygen atoms in total. The fraction of sp³-hybridized carbons (Fsp3) is 0.571. The lowest BCUT2D eigenvalue weighted by Gasteiger charge is -2.19. The van der Waals surface area contributed by atoms with Crippen molar-refractivity contribution in [2.45, 2.75) is 40.2 Å². The Morgan fingerprint density at radius 3 is 2.38 bits per heavy atom. The Morgan fingerprint density at radius 1 is 1.12 bits per heavy atom. The van der Waals surface area contributed by atoms with Crippen LogP contribution in [-0.2, 0) is 4.74 Å². The molecule has 1 rings (SSSR count). The van der Waals surface area contributed by atoms with Crippen molar-refractivity contribution in [1.82, 2.24) is 0 Å². The van der Waals surface area contributed by atoms with E-state index in [1.54, 1.807) is 0 Å². The summed E-state index contributed by atoms with van der Waals surface area (Å²) in [6, 6.07) is 6.42. The molecule has 0 aliphatic carbocycles. The van der Waals surface area contributed by atoms with Crippen molar-refractivity contribution >= 4 is 5.69 Å². The minimum atomic E-state index is -0.0507. The maximum Gasteiger partial charge on any atom is 0.0646 e. The SMILES string of the molecule is Cc1ccc(NCCOC(C)(C)C)cc1C. The van der Waals surface area contributed by atoms with Gasteiger partial charge in [0.05, 0.1) is 12.2 Å². The van der Waals surface area contributed by atoms with E-state index in [4.69, 9.17) is 4.74 Å². The molecule has 0 amide bonds. The molecule has 90 valence electrons. The molecule has 0 aromatic heterocycles. The van der Waals surface area contributed by atoms with Gasteiger partial charge in [-0.15, -0.1) is 0 Å². The summed E-state index contributed by atoms with van der Waals surface area (Å²) in [6.07, 6.45) is 0. The van der Waals surface area contributed by atoms with Crippen LogP contribution in [-0.4, -0.2) is 18.8 Å². The molecule has 0 spiro atoms. The minimum absolute atomic E-state index is 0.0507. The first kappa shape index (κ1) is 13.0. The summed E-state index contributed by atoms with van der Waals surface area (Å²) >= 11 is 0. The number of nitrogens with one attached hydrogen (secondary N) is 1. The second-order valence-corrected chi connectivity index (χ2v) is 5.19. The number of benzene rings is 1. The standard InChI is InChI=1S/C14H23NO/c1-11-6-7-13(10-12(11)2)15-8-9-16-14(3,4)5/h6-7,10,15H,8-9H2,1-5H3. The number of aryl methyl sites for hydroxylation is 2. The van der Waals surface area contributed by atoms with Crippen LogP contribution in [0.4, 0.5) is 5.69 Å². The van der Waals surface area contributed by atoms with Crippen molar-refractivity contribution in [3.8, 4) is 0 Å². The largest absolute Gasteiger partial charge is 0.383 e. The molecule has 0 aliphatic heterocycles. The third-order valence-electron chi connectivity index (χ3n) is 2.47. The summed E-state index contributed by atoms with van der Waals surface area (Å²) in [5.41, 5.74) is 3.77. The van der Waals surface area contributed by atoms with E-state index >= 15 is 0 Å². The van der Waals surface area contributed by atoms with Crippen LogP contribution in [0.2, 0.25) is 0 Å². The third-order valence-corrected chi connectivity index (χ3v) is 2.47. The Balaban J connectivity index is 2.35. The molecule has 1 N–H and O–H groups in total. The van der Waals surface area contributed by atoms with Gasteiger partial charge in [0.2, 0.25) is 0 Å². The molecule has 0 fully saturated rings. The highest BCUT2D eigenvalue weighted by Gasteiger charge is 2.08. The molecule has 0 saturated heterocycles. The molecule has 0 heterocycles. The van der Waals surface area contributed by atoms with Crippen molar-refractivity contribution in [1.29, 1.82) is 0 Å². The molecular formula is C14H23NO. The van der Waals surface area contributed by atoms with Gasteiger partial charge in [-0.25, -0.2) is 0 Å². The molecule has 16 heavy (non-hydrogen) atoms. The lowest BCUT2D eigenvalue weighted by molar-refractivity contribution is 0.00333. The average Bonchev–Trinajstić information content (AvgIpc) is 2.17. The van der Waals surface area contributed by atoms with Crippen LogP contribution in [0.5, 0.6) is 0 Å². The summed E-state index contributed by atoms with van der Waals surface area (Å²) in [6.45, 7) is 12.1. The maximum atomic E-state index is 5.64. The Kier molecular flexibility index (Phi) is 4.36. The molecule has 1 aromatic carbocycles. The minimum Gasteiger partial charge on any atom is -0.383 e. The lowest BCUT2D eigenvalue weighted by Crippen LogP contribution is -2.23. The van der Waals surface area contributed by atoms with Crippen LogP contribution in [0.3, 0.4) is 0 Å². The van der Waals surface area contributed by atoms with E-state index in [2.05, 4.69) is 58.1 Å². The smallest absolute Gasteiger partial charge is 0.0646 e.